The van der Waals surface area contributed by atoms with Crippen LogP contribution in [0.1, 0.15) is 119 Å². The zero-order valence-corrected chi connectivity index (χ0v) is 94.4. The van der Waals surface area contributed by atoms with Crippen LogP contribution in [0.25, 0.3) is 111 Å². The Morgan fingerprint density at radius 2 is 0.468 bits per heavy atom. The number of methoxy groups -OCH3 is 5. The van der Waals surface area contributed by atoms with Crippen LogP contribution in [-0.4, -0.2) is 115 Å². The second kappa shape index (κ2) is 63.2. The molecular formula is C114H118Ir5N5O15-5. The van der Waals surface area contributed by atoms with Crippen molar-refractivity contribution in [3.63, 3.8) is 0 Å². The Labute approximate surface area is 884 Å². The molecule has 0 amide bonds. The topological polar surface area (TPSA) is 297 Å². The molecule has 0 fully saturated rings. The zero-order chi connectivity index (χ0) is 99.0. The van der Waals surface area contributed by atoms with Gasteiger partial charge in [-0.1, -0.05) is 123 Å². The molecular weight excluding hydrogens is 2640 g/mol. The molecule has 5 aromatic heterocycles. The van der Waals surface area contributed by atoms with E-state index in [0.717, 1.165) is 140 Å². The molecule has 5 N–H and O–H groups in total. The number of rotatable bonds is 15. The molecule has 15 rings (SSSR count). The van der Waals surface area contributed by atoms with Crippen LogP contribution in [-0.2, 0) is 124 Å². The number of aliphatic hydroxyl groups is 5. The molecule has 739 valence electrons. The number of carbonyl (C=O) groups excluding carboxylic acids is 5. The minimum absolute atomic E-state index is 0. The maximum Gasteiger partial charge on any atom is 0.155 e. The number of pyridine rings is 5. The van der Waals surface area contributed by atoms with E-state index in [-0.39, 0.29) is 158 Å². The van der Waals surface area contributed by atoms with Gasteiger partial charge in [0, 0.05) is 158 Å². The Hall–Kier alpha value is -12.5. The largest absolute Gasteiger partial charge is 0.512 e. The summed E-state index contributed by atoms with van der Waals surface area (Å²) < 4.78 is 26.2. The molecule has 15 aromatic rings. The van der Waals surface area contributed by atoms with Gasteiger partial charge in [-0.3, -0.25) is 48.9 Å². The zero-order valence-electron chi connectivity index (χ0n) is 82.4. The van der Waals surface area contributed by atoms with Crippen molar-refractivity contribution < 1.29 is 174 Å². The Bertz CT molecular complexity index is 6360. The number of fused-ring (bicyclic) bond motifs is 5. The summed E-state index contributed by atoms with van der Waals surface area (Å²) in [6, 6.07) is 89.0. The first kappa shape index (κ1) is 125. The van der Waals surface area contributed by atoms with Gasteiger partial charge in [-0.15, -0.1) is 175 Å². The summed E-state index contributed by atoms with van der Waals surface area (Å²) in [5.41, 5.74) is 26.0. The summed E-state index contributed by atoms with van der Waals surface area (Å²) in [7, 11) is 8.37. The van der Waals surface area contributed by atoms with Crippen molar-refractivity contribution in [2.45, 2.75) is 132 Å². The van der Waals surface area contributed by atoms with Crippen molar-refractivity contribution in [1.82, 2.24) is 24.9 Å². The fraction of sp³-hybridized carbons (Fsp3) is 0.211. The molecule has 0 saturated carbocycles. The first-order chi connectivity index (χ1) is 63.6. The van der Waals surface area contributed by atoms with Crippen LogP contribution in [0.5, 0.6) is 28.7 Å². The monoisotopic (exact) mass is 2760 g/mol. The average molecular weight is 2760 g/mol. The molecule has 20 nitrogen and oxygen atoms in total. The predicted molar refractivity (Wildman–Crippen MR) is 541 cm³/mol. The summed E-state index contributed by atoms with van der Waals surface area (Å²) in [6.07, 6.45) is 5.83. The van der Waals surface area contributed by atoms with Crippen molar-refractivity contribution in [2.24, 2.45) is 0 Å². The van der Waals surface area contributed by atoms with E-state index >= 15 is 0 Å². The molecule has 5 heterocycles. The van der Waals surface area contributed by atoms with Crippen LogP contribution >= 0.6 is 0 Å². The molecule has 139 heavy (non-hydrogen) atoms. The third-order valence-electron chi connectivity index (χ3n) is 19.5. The molecule has 0 spiro atoms. The number of ketones is 5. The number of aromatic nitrogens is 5. The van der Waals surface area contributed by atoms with Crippen LogP contribution in [0.3, 0.4) is 0 Å². The van der Waals surface area contributed by atoms with Gasteiger partial charge in [0.05, 0.1) is 91.9 Å². The molecule has 0 bridgehead atoms. The molecule has 0 aliphatic carbocycles. The van der Waals surface area contributed by atoms with Crippen LogP contribution < -0.4 is 23.7 Å². The van der Waals surface area contributed by atoms with Gasteiger partial charge in [0.1, 0.15) is 28.7 Å². The van der Waals surface area contributed by atoms with E-state index in [1.54, 1.807) is 35.5 Å². The second-order valence-corrected chi connectivity index (χ2v) is 31.3. The first-order valence-electron chi connectivity index (χ1n) is 42.7. The van der Waals surface area contributed by atoms with E-state index in [1.165, 1.54) is 150 Å². The summed E-state index contributed by atoms with van der Waals surface area (Å²) >= 11 is 0. The Kier molecular flexibility index (Phi) is 56.6. The van der Waals surface area contributed by atoms with Gasteiger partial charge in [-0.25, -0.2) is 0 Å². The number of hydrogen-bond donors (Lipinski definition) is 5. The minimum atomic E-state index is -0.125. The summed E-state index contributed by atoms with van der Waals surface area (Å²) in [4.78, 5) is 73.7. The molecule has 25 heteroatoms. The van der Waals surface area contributed by atoms with E-state index in [1.807, 2.05) is 158 Å². The van der Waals surface area contributed by atoms with E-state index in [9.17, 15) is 24.0 Å². The molecule has 0 unspecified atom stereocenters. The predicted octanol–water partition coefficient (Wildman–Crippen LogP) is 26.5. The number of aryl methyl sites for hydroxylation is 7. The van der Waals surface area contributed by atoms with Crippen molar-refractivity contribution in [3.05, 3.63) is 358 Å². The van der Waals surface area contributed by atoms with Crippen molar-refractivity contribution >= 4 is 83.4 Å². The van der Waals surface area contributed by atoms with Crippen LogP contribution in [0.15, 0.2) is 278 Å². The Morgan fingerprint density at radius 3 is 0.662 bits per heavy atom. The number of aliphatic hydroxyl groups excluding tert-OH is 5. The van der Waals surface area contributed by atoms with Gasteiger partial charge in [-0.2, -0.15) is 0 Å². The molecule has 0 aliphatic rings. The second-order valence-electron chi connectivity index (χ2n) is 31.3. The van der Waals surface area contributed by atoms with Gasteiger partial charge >= 0.3 is 0 Å². The van der Waals surface area contributed by atoms with E-state index in [0.29, 0.717) is 0 Å². The summed E-state index contributed by atoms with van der Waals surface area (Å²) in [5.74, 6) is 3.95. The van der Waals surface area contributed by atoms with Crippen LogP contribution in [0, 0.1) is 92.6 Å². The molecule has 0 aliphatic heterocycles. The molecule has 10 aromatic carbocycles. The van der Waals surface area contributed by atoms with E-state index in [2.05, 4.69) is 153 Å². The Morgan fingerprint density at radius 1 is 0.252 bits per heavy atom. The third kappa shape index (κ3) is 42.4. The van der Waals surface area contributed by atoms with Crippen LogP contribution in [0.2, 0.25) is 0 Å². The molecule has 5 radical (unpaired) electrons. The smallest absolute Gasteiger partial charge is 0.155 e. The van der Waals surface area contributed by atoms with Crippen molar-refractivity contribution in [1.29, 1.82) is 0 Å². The van der Waals surface area contributed by atoms with Crippen molar-refractivity contribution in [3.8, 4) is 85.0 Å². The maximum absolute atomic E-state index is 10.0. The molecule has 0 saturated heterocycles. The summed E-state index contributed by atoms with van der Waals surface area (Å²) in [5, 5.41) is 47.2. The van der Waals surface area contributed by atoms with Gasteiger partial charge < -0.3 is 49.2 Å². The Balaban J connectivity index is 0.000000794. The first-order valence-corrected chi connectivity index (χ1v) is 42.7. The number of allylic oxidation sites excluding steroid dienone is 10. The van der Waals surface area contributed by atoms with E-state index in [4.69, 9.17) is 74.1 Å². The quantitative estimate of drug-likeness (QED) is 0.0362. The van der Waals surface area contributed by atoms with Gasteiger partial charge in [0.2, 0.25) is 0 Å². The SMILES string of the molecule is CC(=O)C=C(C)O.CC(=O)C=C(C)O.CC(=O)C=C(C)O.CC(=O)C=C(C)O.CC(=O)C=C(C)O.COc1ccc2nc(-c3[c-]cc(C)cc3C)ccc2c1.COc1ccc2nc(-c3[c-]cc(C)cc3C)ccc2c1.COc1ccc2nc(-c3[c-]ccc(C)c3C)ccc2c1.COc1ccc2nc(-c3[c-]ccc(C)c3C)ccc2c1.COc1ccc2nc(-c3[c-]cccc3C)ccc2c1.[Ir].[Ir].[Ir].[Ir].[Ir]. The standard InChI is InChI=1S/4C18H16NO.C17H14NO.5C5H8O2.5Ir/c2*1-12-4-7-16(13(2)10-12)18-8-5-14-11-15(20-3)6-9-17(14)19-18;2*1-12-5-4-6-16(13(12)2)18-9-7-14-11-15(20-3)8-10-17(14)19-18;1-12-5-3-4-6-15(12)17-9-7-13-11-14(19-2)8-10-16(13)18-17;5*1-4(6)3-5(2)7;;;;;/h2*4-6,8-11H,1-3H3;2*4-5,7-11H,1-3H3;3-5,7-11H,1-2H3;5*3,6H,1-2H3;;;;;/q5*-1;;;;;;;;;;. The number of nitrogens with zero attached hydrogens (tertiary/aromatic N) is 5. The third-order valence-corrected chi connectivity index (χ3v) is 19.5. The fourth-order valence-electron chi connectivity index (χ4n) is 13.1. The number of ether oxygens (including phenoxy) is 5. The van der Waals surface area contributed by atoms with Gasteiger partial charge in [-0.05, 0) is 189 Å². The number of hydrogen-bond acceptors (Lipinski definition) is 20. The normalized spacial score (nSPS) is 10.5. The maximum atomic E-state index is 10.0. The number of carbonyl (C=O) groups is 5. The summed E-state index contributed by atoms with van der Waals surface area (Å²) in [6.45, 7) is 33.1. The minimum Gasteiger partial charge on any atom is -0.512 e. The molecule has 0 atom stereocenters. The van der Waals surface area contributed by atoms with Crippen LogP contribution in [0.4, 0.5) is 0 Å². The van der Waals surface area contributed by atoms with Gasteiger partial charge in [0.15, 0.2) is 28.9 Å². The van der Waals surface area contributed by atoms with Crippen molar-refractivity contribution in [2.75, 3.05) is 35.5 Å². The van der Waals surface area contributed by atoms with E-state index < -0.39 is 0 Å². The number of benzene rings is 10. The fourth-order valence-corrected chi connectivity index (χ4v) is 13.1. The average Bonchev–Trinajstić information content (AvgIpc) is 0.825. The van der Waals surface area contributed by atoms with Gasteiger partial charge in [0.25, 0.3) is 0 Å².